The fourth-order valence-electron chi connectivity index (χ4n) is 2.51. The number of rotatable bonds is 4. The van der Waals surface area contributed by atoms with Crippen molar-refractivity contribution in [1.82, 2.24) is 24.7 Å². The van der Waals surface area contributed by atoms with Gasteiger partial charge in [0, 0.05) is 19.4 Å². The number of nitrogens with one attached hydrogen (secondary N) is 2. The van der Waals surface area contributed by atoms with E-state index in [4.69, 9.17) is 0 Å². The molecule has 26 heavy (non-hydrogen) atoms. The maximum Gasteiger partial charge on any atom is 0.421 e. The summed E-state index contributed by atoms with van der Waals surface area (Å²) in [6.45, 7) is 3.61. The molecule has 0 aromatic carbocycles. The van der Waals surface area contributed by atoms with Gasteiger partial charge in [-0.15, -0.1) is 0 Å². The van der Waals surface area contributed by atoms with Gasteiger partial charge in [-0.1, -0.05) is 0 Å². The van der Waals surface area contributed by atoms with Crippen LogP contribution in [0.4, 0.5) is 30.6 Å². The zero-order valence-electron chi connectivity index (χ0n) is 14.3. The number of pyridine rings is 1. The molecule has 0 radical (unpaired) electrons. The van der Waals surface area contributed by atoms with Gasteiger partial charge in [0.1, 0.15) is 11.4 Å². The van der Waals surface area contributed by atoms with Crippen LogP contribution in [0, 0.1) is 13.8 Å². The van der Waals surface area contributed by atoms with Crippen molar-refractivity contribution in [2.45, 2.75) is 20.0 Å². The Morgan fingerprint density at radius 2 is 1.92 bits per heavy atom. The molecule has 0 unspecified atom stereocenters. The van der Waals surface area contributed by atoms with Crippen molar-refractivity contribution in [3.63, 3.8) is 0 Å². The Labute approximate surface area is 147 Å². The topological polar surface area (TPSA) is 80.5 Å². The monoisotopic (exact) mass is 363 g/mol. The third-order valence-electron chi connectivity index (χ3n) is 3.75. The summed E-state index contributed by atoms with van der Waals surface area (Å²) >= 11 is 0. The Hall–Kier alpha value is -3.17. The van der Waals surface area contributed by atoms with Crippen LogP contribution in [-0.2, 0) is 6.18 Å². The van der Waals surface area contributed by atoms with Crippen LogP contribution in [0.2, 0.25) is 0 Å². The first-order valence-electron chi connectivity index (χ1n) is 7.67. The number of aromatic nitrogens is 5. The van der Waals surface area contributed by atoms with E-state index in [-0.39, 0.29) is 11.8 Å². The fourth-order valence-corrected chi connectivity index (χ4v) is 2.51. The number of alkyl halides is 3. The van der Waals surface area contributed by atoms with Crippen molar-refractivity contribution in [3.8, 4) is 5.69 Å². The van der Waals surface area contributed by atoms with Gasteiger partial charge < -0.3 is 10.6 Å². The number of aryl methyl sites for hydroxylation is 1. The van der Waals surface area contributed by atoms with Crippen molar-refractivity contribution >= 4 is 17.5 Å². The molecule has 7 nitrogen and oxygen atoms in total. The van der Waals surface area contributed by atoms with Crippen molar-refractivity contribution in [1.29, 1.82) is 0 Å². The van der Waals surface area contributed by atoms with Gasteiger partial charge in [-0.2, -0.15) is 23.3 Å². The predicted octanol–water partition coefficient (Wildman–Crippen LogP) is 3.48. The van der Waals surface area contributed by atoms with E-state index >= 15 is 0 Å². The maximum absolute atomic E-state index is 13.0. The van der Waals surface area contributed by atoms with E-state index in [0.717, 1.165) is 17.6 Å². The molecule has 0 spiro atoms. The van der Waals surface area contributed by atoms with Crippen LogP contribution in [0.15, 0.2) is 30.7 Å². The molecular weight excluding hydrogens is 347 g/mol. The van der Waals surface area contributed by atoms with Crippen LogP contribution in [0.5, 0.6) is 0 Å². The Balaban J connectivity index is 1.96. The third kappa shape index (κ3) is 3.30. The second-order valence-electron chi connectivity index (χ2n) is 5.50. The molecule has 3 aromatic heterocycles. The first-order chi connectivity index (χ1) is 12.3. The molecular formula is C16H16F3N7. The number of nitrogens with zero attached hydrogens (tertiary/aromatic N) is 5. The Morgan fingerprint density at radius 3 is 2.54 bits per heavy atom. The number of hydrogen-bond acceptors (Lipinski definition) is 6. The highest BCUT2D eigenvalue weighted by molar-refractivity contribution is 5.62. The molecule has 0 saturated heterocycles. The van der Waals surface area contributed by atoms with Crippen molar-refractivity contribution in [3.05, 3.63) is 47.7 Å². The standard InChI is InChI=1S/C16H16F3N7/c1-9-13(10(2)26(25-9)11-5-4-6-21-7-11)23-15-22-8-12(16(17,18)19)14(20-3)24-15/h4-8H,1-3H3,(H2,20,22,23,24). The second kappa shape index (κ2) is 6.62. The Bertz CT molecular complexity index is 920. The van der Waals surface area contributed by atoms with Crippen molar-refractivity contribution in [2.24, 2.45) is 0 Å². The highest BCUT2D eigenvalue weighted by Gasteiger charge is 2.35. The van der Waals surface area contributed by atoms with Gasteiger partial charge in [0.25, 0.3) is 0 Å². The minimum Gasteiger partial charge on any atom is -0.372 e. The number of anilines is 3. The van der Waals surface area contributed by atoms with Crippen LogP contribution in [0.25, 0.3) is 5.69 Å². The largest absolute Gasteiger partial charge is 0.421 e. The van der Waals surface area contributed by atoms with Crippen LogP contribution in [0.1, 0.15) is 17.0 Å². The van der Waals surface area contributed by atoms with E-state index in [1.807, 2.05) is 13.0 Å². The summed E-state index contributed by atoms with van der Waals surface area (Å²) in [5.74, 6) is -0.260. The highest BCUT2D eigenvalue weighted by atomic mass is 19.4. The summed E-state index contributed by atoms with van der Waals surface area (Å²) in [5, 5.41) is 9.84. The minimum atomic E-state index is -4.53. The maximum atomic E-state index is 13.0. The molecule has 0 aliphatic rings. The van der Waals surface area contributed by atoms with Gasteiger partial charge in [-0.05, 0) is 26.0 Å². The van der Waals surface area contributed by atoms with Crippen LogP contribution >= 0.6 is 0 Å². The van der Waals surface area contributed by atoms with Crippen LogP contribution in [-0.4, -0.2) is 31.8 Å². The van der Waals surface area contributed by atoms with Gasteiger partial charge in [0.05, 0.1) is 29.0 Å². The van der Waals surface area contributed by atoms with E-state index in [1.165, 1.54) is 7.05 Å². The van der Waals surface area contributed by atoms with E-state index < -0.39 is 11.7 Å². The molecule has 3 heterocycles. The SMILES string of the molecule is CNc1nc(Nc2c(C)nn(-c3cccnc3)c2C)ncc1C(F)(F)F. The normalized spacial score (nSPS) is 11.5. The predicted molar refractivity (Wildman–Crippen MR) is 90.7 cm³/mol. The van der Waals surface area contributed by atoms with Gasteiger partial charge in [-0.3, -0.25) is 4.98 Å². The van der Waals surface area contributed by atoms with Crippen molar-refractivity contribution < 1.29 is 13.2 Å². The fraction of sp³-hybridized carbons (Fsp3) is 0.250. The molecule has 0 saturated carbocycles. The zero-order valence-corrected chi connectivity index (χ0v) is 14.3. The van der Waals surface area contributed by atoms with Gasteiger partial charge >= 0.3 is 6.18 Å². The van der Waals surface area contributed by atoms with Crippen LogP contribution in [0.3, 0.4) is 0 Å². The molecule has 0 aliphatic heterocycles. The molecule has 2 N–H and O–H groups in total. The average molecular weight is 363 g/mol. The Morgan fingerprint density at radius 1 is 1.15 bits per heavy atom. The Kier molecular flexibility index (Phi) is 4.49. The third-order valence-corrected chi connectivity index (χ3v) is 3.75. The van der Waals surface area contributed by atoms with Gasteiger partial charge in [-0.25, -0.2) is 9.67 Å². The van der Waals surface area contributed by atoms with E-state index in [9.17, 15) is 13.2 Å². The lowest BCUT2D eigenvalue weighted by molar-refractivity contribution is -0.137. The molecule has 0 fully saturated rings. The summed E-state index contributed by atoms with van der Waals surface area (Å²) in [5.41, 5.74) is 1.87. The second-order valence-corrected chi connectivity index (χ2v) is 5.50. The molecule has 10 heteroatoms. The summed E-state index contributed by atoms with van der Waals surface area (Å²) in [6.07, 6.45) is -0.466. The zero-order chi connectivity index (χ0) is 18.9. The molecule has 3 aromatic rings. The van der Waals surface area contributed by atoms with E-state index in [0.29, 0.717) is 11.4 Å². The molecule has 0 atom stereocenters. The molecule has 0 amide bonds. The lowest BCUT2D eigenvalue weighted by atomic mass is 10.3. The van der Waals surface area contributed by atoms with E-state index in [2.05, 4.69) is 30.7 Å². The molecule has 136 valence electrons. The van der Waals surface area contributed by atoms with Gasteiger partial charge in [0.2, 0.25) is 5.95 Å². The van der Waals surface area contributed by atoms with Gasteiger partial charge in [0.15, 0.2) is 0 Å². The minimum absolute atomic E-state index is 0.0410. The smallest absolute Gasteiger partial charge is 0.372 e. The number of halogens is 3. The first-order valence-corrected chi connectivity index (χ1v) is 7.67. The van der Waals surface area contributed by atoms with Crippen molar-refractivity contribution in [2.75, 3.05) is 17.7 Å². The molecule has 3 rings (SSSR count). The molecule has 0 aliphatic carbocycles. The summed E-state index contributed by atoms with van der Waals surface area (Å²) in [7, 11) is 1.37. The summed E-state index contributed by atoms with van der Waals surface area (Å²) < 4.78 is 40.5. The number of hydrogen-bond donors (Lipinski definition) is 2. The molecule has 0 bridgehead atoms. The lowest BCUT2D eigenvalue weighted by Crippen LogP contribution is -2.12. The van der Waals surface area contributed by atoms with E-state index in [1.54, 1.807) is 30.1 Å². The van der Waals surface area contributed by atoms with Crippen LogP contribution < -0.4 is 10.6 Å². The highest BCUT2D eigenvalue weighted by Crippen LogP contribution is 2.34. The summed E-state index contributed by atoms with van der Waals surface area (Å²) in [4.78, 5) is 11.8. The average Bonchev–Trinajstić information content (AvgIpc) is 2.89. The quantitative estimate of drug-likeness (QED) is 0.739. The lowest BCUT2D eigenvalue weighted by Gasteiger charge is -2.13. The summed E-state index contributed by atoms with van der Waals surface area (Å²) in [6, 6.07) is 3.64. The first kappa shape index (κ1) is 17.6.